The minimum Gasteiger partial charge on any atom is -0.356 e. The molecule has 0 spiro atoms. The molecule has 192 valence electrons. The molecule has 4 aromatic heterocycles. The van der Waals surface area contributed by atoms with Gasteiger partial charge in [-0.1, -0.05) is 0 Å². The first kappa shape index (κ1) is 36.9. The number of nitrogens with zero attached hydrogens (tertiary/aromatic N) is 10. The van der Waals surface area contributed by atoms with Crippen molar-refractivity contribution in [3.63, 3.8) is 0 Å². The van der Waals surface area contributed by atoms with Gasteiger partial charge in [-0.2, -0.15) is 0 Å². The summed E-state index contributed by atoms with van der Waals surface area (Å²) in [5.74, 6) is 0. The van der Waals surface area contributed by atoms with Crippen molar-refractivity contribution in [1.82, 2.24) is 39.9 Å². The predicted octanol–water partition coefficient (Wildman–Crippen LogP) is 2.66. The topological polar surface area (TPSA) is 236 Å². The van der Waals surface area contributed by atoms with Gasteiger partial charge < -0.3 is 30.6 Å². The molecule has 0 saturated heterocycles. The maximum Gasteiger partial charge on any atom is 2.00 e. The summed E-state index contributed by atoms with van der Waals surface area (Å²) in [7, 11) is 0. The Morgan fingerprint density at radius 1 is 0.459 bits per heavy atom. The second kappa shape index (κ2) is 26.0. The molecule has 4 aromatic rings. The number of rotatable bonds is 0. The normalized spacial score (nSPS) is 7.89. The second-order valence-corrected chi connectivity index (χ2v) is 5.83. The molecule has 0 radical (unpaired) electrons. The Hall–Kier alpha value is -4.66. The zero-order chi connectivity index (χ0) is 27.6. The van der Waals surface area contributed by atoms with E-state index in [2.05, 4.69) is 39.9 Å². The van der Waals surface area contributed by atoms with Crippen molar-refractivity contribution in [2.24, 2.45) is 0 Å². The molecular formula is C20H24N10O6Zn. The van der Waals surface area contributed by atoms with Gasteiger partial charge in [0.2, 0.25) is 0 Å². The van der Waals surface area contributed by atoms with Crippen LogP contribution in [-0.4, -0.2) is 50.0 Å². The van der Waals surface area contributed by atoms with Crippen LogP contribution in [0.15, 0.2) is 74.4 Å². The summed E-state index contributed by atoms with van der Waals surface area (Å²) in [5.41, 5.74) is 3.84. The molecule has 0 unspecified atom stereocenters. The average molecular weight is 566 g/mol. The van der Waals surface area contributed by atoms with E-state index in [0.717, 1.165) is 22.8 Å². The van der Waals surface area contributed by atoms with Crippen molar-refractivity contribution in [2.75, 3.05) is 0 Å². The first-order chi connectivity index (χ1) is 17.0. The van der Waals surface area contributed by atoms with Crippen LogP contribution in [0.5, 0.6) is 0 Å². The zero-order valence-electron chi connectivity index (χ0n) is 20.6. The quantitative estimate of drug-likeness (QED) is 0.169. The van der Waals surface area contributed by atoms with Crippen molar-refractivity contribution < 1.29 is 29.7 Å². The molecule has 0 bridgehead atoms. The standard InChI is InChI=1S/4C5H6N2.2NO3.Zn/c4*1-5-4-6-2-3-7-5;2*2-1(3)4;/h4*2-4H,1H3;;;/q;;;;2*-1;+2. The van der Waals surface area contributed by atoms with Crippen LogP contribution >= 0.6 is 0 Å². The summed E-state index contributed by atoms with van der Waals surface area (Å²) in [4.78, 5) is 47.5. The fourth-order valence-electron chi connectivity index (χ4n) is 1.49. The third kappa shape index (κ3) is 36.1. The van der Waals surface area contributed by atoms with E-state index in [-0.39, 0.29) is 19.5 Å². The molecule has 0 saturated carbocycles. The van der Waals surface area contributed by atoms with Gasteiger partial charge in [0.25, 0.3) is 0 Å². The Morgan fingerprint density at radius 3 is 0.676 bits per heavy atom. The summed E-state index contributed by atoms with van der Waals surface area (Å²) in [5, 5.41) is 29.5. The van der Waals surface area contributed by atoms with E-state index in [1.54, 1.807) is 74.4 Å². The van der Waals surface area contributed by atoms with Crippen molar-refractivity contribution in [3.8, 4) is 0 Å². The predicted molar refractivity (Wildman–Crippen MR) is 128 cm³/mol. The summed E-state index contributed by atoms with van der Waals surface area (Å²) >= 11 is 0. The first-order valence-corrected chi connectivity index (χ1v) is 9.58. The number of aryl methyl sites for hydroxylation is 4. The fraction of sp³-hybridized carbons (Fsp3) is 0.200. The molecular weight excluding hydrogens is 542 g/mol. The molecule has 0 aliphatic carbocycles. The third-order valence-electron chi connectivity index (χ3n) is 2.77. The van der Waals surface area contributed by atoms with E-state index >= 15 is 0 Å². The van der Waals surface area contributed by atoms with Gasteiger partial charge in [-0.15, -0.1) is 0 Å². The summed E-state index contributed by atoms with van der Waals surface area (Å²) < 4.78 is 0. The minimum absolute atomic E-state index is 0. The van der Waals surface area contributed by atoms with E-state index in [1.165, 1.54) is 0 Å². The molecule has 37 heavy (non-hydrogen) atoms. The second-order valence-electron chi connectivity index (χ2n) is 5.83. The van der Waals surface area contributed by atoms with Gasteiger partial charge in [-0.25, -0.2) is 0 Å². The van der Waals surface area contributed by atoms with E-state index < -0.39 is 10.2 Å². The summed E-state index contributed by atoms with van der Waals surface area (Å²) in [6.45, 7) is 7.64. The van der Waals surface area contributed by atoms with Crippen LogP contribution in [0, 0.1) is 58.3 Å². The summed E-state index contributed by atoms with van der Waals surface area (Å²) in [6.07, 6.45) is 20.2. The van der Waals surface area contributed by atoms with Crippen LogP contribution in [0.2, 0.25) is 0 Å². The Balaban J connectivity index is -0.000000379. The van der Waals surface area contributed by atoms with E-state index in [9.17, 15) is 0 Å². The summed E-state index contributed by atoms with van der Waals surface area (Å²) in [6, 6.07) is 0. The van der Waals surface area contributed by atoms with Crippen molar-refractivity contribution in [2.45, 2.75) is 27.7 Å². The molecule has 4 heterocycles. The van der Waals surface area contributed by atoms with Gasteiger partial charge in [0.15, 0.2) is 0 Å². The molecule has 0 aliphatic rings. The van der Waals surface area contributed by atoms with Gasteiger partial charge in [0, 0.05) is 74.4 Å². The molecule has 0 fully saturated rings. The largest absolute Gasteiger partial charge is 2.00 e. The minimum atomic E-state index is -1.75. The van der Waals surface area contributed by atoms with Crippen LogP contribution in [0.3, 0.4) is 0 Å². The van der Waals surface area contributed by atoms with Crippen LogP contribution in [0.4, 0.5) is 0 Å². The Kier molecular flexibility index (Phi) is 25.9. The molecule has 4 rings (SSSR count). The third-order valence-corrected chi connectivity index (χ3v) is 2.77. The molecule has 16 nitrogen and oxygen atoms in total. The molecule has 17 heteroatoms. The van der Waals surface area contributed by atoms with Gasteiger partial charge in [-0.05, 0) is 27.7 Å². The average Bonchev–Trinajstić information content (AvgIpc) is 2.82. The van der Waals surface area contributed by atoms with Crippen LogP contribution < -0.4 is 0 Å². The molecule has 0 N–H and O–H groups in total. The Bertz CT molecular complexity index is 886. The Morgan fingerprint density at radius 2 is 0.622 bits per heavy atom. The van der Waals surface area contributed by atoms with Crippen LogP contribution in [-0.2, 0) is 19.5 Å². The van der Waals surface area contributed by atoms with E-state index in [0.29, 0.717) is 0 Å². The molecule has 0 aromatic carbocycles. The van der Waals surface area contributed by atoms with Gasteiger partial charge in [-0.3, -0.25) is 39.9 Å². The smallest absolute Gasteiger partial charge is 0.356 e. The van der Waals surface area contributed by atoms with Crippen LogP contribution in [0.25, 0.3) is 0 Å². The SMILES string of the molecule is Cc1cnccn1.Cc1cnccn1.Cc1cnccn1.Cc1cnccn1.O=[N+]([O-])[O-].O=[N+]([O-])[O-].[Zn+2]. The van der Waals surface area contributed by atoms with Crippen molar-refractivity contribution >= 4 is 0 Å². The van der Waals surface area contributed by atoms with Gasteiger partial charge in [0.05, 0.1) is 32.9 Å². The van der Waals surface area contributed by atoms with Gasteiger partial charge >= 0.3 is 19.5 Å². The molecule has 0 aliphatic heterocycles. The first-order valence-electron chi connectivity index (χ1n) is 9.58. The van der Waals surface area contributed by atoms with Crippen molar-refractivity contribution in [1.29, 1.82) is 0 Å². The van der Waals surface area contributed by atoms with E-state index in [4.69, 9.17) is 30.6 Å². The van der Waals surface area contributed by atoms with Crippen LogP contribution in [0.1, 0.15) is 22.8 Å². The zero-order valence-corrected chi connectivity index (χ0v) is 23.5. The van der Waals surface area contributed by atoms with E-state index in [1.807, 2.05) is 27.7 Å². The van der Waals surface area contributed by atoms with Crippen molar-refractivity contribution in [3.05, 3.63) is 128 Å². The maximum absolute atomic E-state index is 8.25. The Labute approximate surface area is 225 Å². The molecule has 0 amide bonds. The monoisotopic (exact) mass is 564 g/mol. The number of hydrogen-bond acceptors (Lipinski definition) is 14. The van der Waals surface area contributed by atoms with Gasteiger partial charge in [0.1, 0.15) is 0 Å². The maximum atomic E-state index is 8.25. The fourth-order valence-corrected chi connectivity index (χ4v) is 1.49. The number of hydrogen-bond donors (Lipinski definition) is 0. The number of aromatic nitrogens is 8. The molecule has 0 atom stereocenters.